The zero-order chi connectivity index (χ0) is 25.1. The highest BCUT2D eigenvalue weighted by Crippen LogP contribution is 2.39. The monoisotopic (exact) mass is 497 g/mol. The number of phenols is 1. The van der Waals surface area contributed by atoms with Crippen LogP contribution in [0.3, 0.4) is 0 Å². The molecule has 7 nitrogen and oxygen atoms in total. The molecule has 8 heteroatoms. The van der Waals surface area contributed by atoms with Gasteiger partial charge in [-0.05, 0) is 79.8 Å². The van der Waals surface area contributed by atoms with Gasteiger partial charge in [0.2, 0.25) is 5.91 Å². The highest BCUT2D eigenvalue weighted by Gasteiger charge is 2.41. The van der Waals surface area contributed by atoms with Crippen LogP contribution in [-0.4, -0.2) is 37.1 Å². The Morgan fingerprint density at radius 2 is 1.83 bits per heavy atom. The molecule has 2 atom stereocenters. The van der Waals surface area contributed by atoms with E-state index in [0.29, 0.717) is 11.7 Å². The largest absolute Gasteiger partial charge is 0.508 e. The Morgan fingerprint density at radius 3 is 2.56 bits per heavy atom. The number of carbonyl (C=O) groups excluding carboxylic acids is 1. The molecule has 1 amide bonds. The standard InChI is InChI=1S/C28H27N5O2S/c1-19-7-9-20(10-8-19)30-25(35)15-18-33-27(26(31-28(33)36)23-5-2-3-16-29-23)24-6-4-17-32(24)21-11-13-22(34)14-12-21/h2-14,16-17,26-27,34H,15,18H2,1H3,(H,30,35)(H,31,36). The Bertz CT molecular complexity index is 1350. The summed E-state index contributed by atoms with van der Waals surface area (Å²) in [6.07, 6.45) is 4.04. The Kier molecular flexibility index (Phi) is 6.69. The van der Waals surface area contributed by atoms with Gasteiger partial charge in [0.15, 0.2) is 5.11 Å². The Balaban J connectivity index is 1.43. The third kappa shape index (κ3) is 4.94. The molecule has 3 heterocycles. The van der Waals surface area contributed by atoms with E-state index in [9.17, 15) is 9.90 Å². The highest BCUT2D eigenvalue weighted by atomic mass is 32.1. The number of pyridine rings is 1. The van der Waals surface area contributed by atoms with Crippen LogP contribution in [0.4, 0.5) is 5.69 Å². The molecular formula is C28H27N5O2S. The van der Waals surface area contributed by atoms with Crippen LogP contribution in [0.25, 0.3) is 5.69 Å². The summed E-state index contributed by atoms with van der Waals surface area (Å²) in [6.45, 7) is 2.46. The Labute approximate surface area is 215 Å². The maximum Gasteiger partial charge on any atom is 0.226 e. The number of aromatic nitrogens is 2. The molecule has 1 fully saturated rings. The number of amides is 1. The van der Waals surface area contributed by atoms with Crippen LogP contribution < -0.4 is 10.6 Å². The Hall–Kier alpha value is -4.17. The molecule has 0 saturated carbocycles. The van der Waals surface area contributed by atoms with Gasteiger partial charge in [-0.25, -0.2) is 0 Å². The smallest absolute Gasteiger partial charge is 0.226 e. The quantitative estimate of drug-likeness (QED) is 0.316. The van der Waals surface area contributed by atoms with Crippen LogP contribution in [0.5, 0.6) is 5.75 Å². The van der Waals surface area contributed by atoms with E-state index in [4.69, 9.17) is 12.2 Å². The summed E-state index contributed by atoms with van der Waals surface area (Å²) in [5.41, 5.74) is 4.71. The predicted octanol–water partition coefficient (Wildman–Crippen LogP) is 4.89. The number of aryl methyl sites for hydroxylation is 1. The van der Waals surface area contributed by atoms with Crippen LogP contribution in [0.1, 0.15) is 35.5 Å². The van der Waals surface area contributed by atoms with Crippen molar-refractivity contribution >= 4 is 28.9 Å². The molecule has 36 heavy (non-hydrogen) atoms. The number of phenolic OH excluding ortho intramolecular Hbond substituents is 1. The molecule has 182 valence electrons. The van der Waals surface area contributed by atoms with Crippen molar-refractivity contribution in [1.29, 1.82) is 0 Å². The van der Waals surface area contributed by atoms with Gasteiger partial charge in [-0.1, -0.05) is 23.8 Å². The lowest BCUT2D eigenvalue weighted by atomic mass is 10.0. The first-order valence-corrected chi connectivity index (χ1v) is 12.2. The summed E-state index contributed by atoms with van der Waals surface area (Å²) in [6, 6.07) is 24.3. The molecule has 4 aromatic rings. The molecule has 2 unspecified atom stereocenters. The van der Waals surface area contributed by atoms with Gasteiger partial charge in [0.25, 0.3) is 0 Å². The molecule has 2 aromatic heterocycles. The maximum absolute atomic E-state index is 12.8. The topological polar surface area (TPSA) is 82.4 Å². The first-order chi connectivity index (χ1) is 17.5. The van der Waals surface area contributed by atoms with Gasteiger partial charge in [-0.3, -0.25) is 9.78 Å². The van der Waals surface area contributed by atoms with Crippen molar-refractivity contribution in [3.05, 3.63) is 108 Å². The number of nitrogens with zero attached hydrogens (tertiary/aromatic N) is 3. The van der Waals surface area contributed by atoms with Crippen molar-refractivity contribution < 1.29 is 9.90 Å². The lowest BCUT2D eigenvalue weighted by Crippen LogP contribution is -2.33. The minimum atomic E-state index is -0.191. The van der Waals surface area contributed by atoms with E-state index in [-0.39, 0.29) is 30.2 Å². The normalized spacial score (nSPS) is 17.1. The number of hydrogen-bond acceptors (Lipinski definition) is 4. The number of rotatable bonds is 7. The van der Waals surface area contributed by atoms with E-state index in [0.717, 1.165) is 28.3 Å². The van der Waals surface area contributed by atoms with E-state index < -0.39 is 0 Å². The molecule has 0 spiro atoms. The SMILES string of the molecule is Cc1ccc(NC(=O)CCN2C(=S)NC(c3ccccn3)C2c2cccn2-c2ccc(O)cc2)cc1. The maximum atomic E-state index is 12.8. The summed E-state index contributed by atoms with van der Waals surface area (Å²) in [4.78, 5) is 19.4. The van der Waals surface area contributed by atoms with Crippen molar-refractivity contribution in [2.24, 2.45) is 0 Å². The molecule has 2 aromatic carbocycles. The fourth-order valence-corrected chi connectivity index (χ4v) is 4.87. The number of thiocarbonyl (C=S) groups is 1. The number of benzene rings is 2. The Morgan fingerprint density at radius 1 is 1.06 bits per heavy atom. The van der Waals surface area contributed by atoms with E-state index in [1.54, 1.807) is 18.3 Å². The average molecular weight is 498 g/mol. The molecule has 0 radical (unpaired) electrons. The number of carbonyl (C=O) groups is 1. The van der Waals surface area contributed by atoms with Gasteiger partial charge >= 0.3 is 0 Å². The van der Waals surface area contributed by atoms with Crippen molar-refractivity contribution in [2.45, 2.75) is 25.4 Å². The summed E-state index contributed by atoms with van der Waals surface area (Å²) < 4.78 is 2.08. The van der Waals surface area contributed by atoms with Gasteiger partial charge < -0.3 is 25.2 Å². The molecule has 3 N–H and O–H groups in total. The van der Waals surface area contributed by atoms with Gasteiger partial charge in [-0.2, -0.15) is 0 Å². The predicted molar refractivity (Wildman–Crippen MR) is 144 cm³/mol. The van der Waals surface area contributed by atoms with Crippen molar-refractivity contribution in [2.75, 3.05) is 11.9 Å². The van der Waals surface area contributed by atoms with E-state index in [1.165, 1.54) is 0 Å². The number of aromatic hydroxyl groups is 1. The first-order valence-electron chi connectivity index (χ1n) is 11.8. The summed E-state index contributed by atoms with van der Waals surface area (Å²) in [5.74, 6) is 0.138. The second kappa shape index (κ2) is 10.2. The molecule has 1 aliphatic rings. The molecular weight excluding hydrogens is 470 g/mol. The van der Waals surface area contributed by atoms with Crippen LogP contribution in [0.2, 0.25) is 0 Å². The molecule has 1 saturated heterocycles. The molecule has 0 aliphatic carbocycles. The lowest BCUT2D eigenvalue weighted by molar-refractivity contribution is -0.116. The van der Waals surface area contributed by atoms with Gasteiger partial charge in [0.05, 0.1) is 17.8 Å². The minimum Gasteiger partial charge on any atom is -0.508 e. The van der Waals surface area contributed by atoms with Crippen molar-refractivity contribution in [1.82, 2.24) is 19.8 Å². The van der Waals surface area contributed by atoms with Gasteiger partial charge in [0.1, 0.15) is 5.75 Å². The van der Waals surface area contributed by atoms with Gasteiger partial charge in [-0.15, -0.1) is 0 Å². The van der Waals surface area contributed by atoms with Gasteiger partial charge in [0, 0.05) is 42.4 Å². The molecule has 0 bridgehead atoms. The number of hydrogen-bond donors (Lipinski definition) is 3. The van der Waals surface area contributed by atoms with Crippen molar-refractivity contribution in [3.63, 3.8) is 0 Å². The van der Waals surface area contributed by atoms with Crippen LogP contribution in [0, 0.1) is 6.92 Å². The van der Waals surface area contributed by atoms with E-state index in [2.05, 4.69) is 31.2 Å². The second-order valence-corrected chi connectivity index (χ2v) is 9.19. The summed E-state index contributed by atoms with van der Waals surface area (Å²) >= 11 is 5.75. The zero-order valence-corrected chi connectivity index (χ0v) is 20.7. The number of anilines is 1. The average Bonchev–Trinajstić information content (AvgIpc) is 3.49. The van der Waals surface area contributed by atoms with Crippen LogP contribution in [0.15, 0.2) is 91.3 Å². The minimum absolute atomic E-state index is 0.0735. The molecule has 5 rings (SSSR count). The second-order valence-electron chi connectivity index (χ2n) is 8.80. The third-order valence-corrected chi connectivity index (χ3v) is 6.68. The lowest BCUT2D eigenvalue weighted by Gasteiger charge is -2.28. The van der Waals surface area contributed by atoms with E-state index in [1.807, 2.05) is 73.8 Å². The van der Waals surface area contributed by atoms with Crippen LogP contribution in [-0.2, 0) is 4.79 Å². The fourth-order valence-electron chi connectivity index (χ4n) is 4.53. The fraction of sp³-hybridized carbons (Fsp3) is 0.179. The molecule has 1 aliphatic heterocycles. The summed E-state index contributed by atoms with van der Waals surface area (Å²) in [5, 5.41) is 16.7. The van der Waals surface area contributed by atoms with E-state index >= 15 is 0 Å². The summed E-state index contributed by atoms with van der Waals surface area (Å²) in [7, 11) is 0. The van der Waals surface area contributed by atoms with Crippen LogP contribution >= 0.6 is 12.2 Å². The van der Waals surface area contributed by atoms with Crippen molar-refractivity contribution in [3.8, 4) is 11.4 Å². The highest BCUT2D eigenvalue weighted by molar-refractivity contribution is 7.80. The third-order valence-electron chi connectivity index (χ3n) is 6.32. The number of nitrogens with one attached hydrogen (secondary N) is 2. The first kappa shape index (κ1) is 23.6. The zero-order valence-electron chi connectivity index (χ0n) is 19.8.